The highest BCUT2D eigenvalue weighted by Crippen LogP contribution is 2.35. The molecule has 20 heavy (non-hydrogen) atoms. The van der Waals surface area contributed by atoms with Gasteiger partial charge in [0.1, 0.15) is 5.82 Å². The smallest absolute Gasteiger partial charge is 0.163 e. The zero-order valence-corrected chi connectivity index (χ0v) is 11.6. The summed E-state index contributed by atoms with van der Waals surface area (Å²) in [7, 11) is 0. The van der Waals surface area contributed by atoms with Gasteiger partial charge in [0, 0.05) is 17.9 Å². The van der Waals surface area contributed by atoms with Crippen LogP contribution in [0, 0.1) is 0 Å². The second kappa shape index (κ2) is 5.54. The maximum Gasteiger partial charge on any atom is 0.163 e. The zero-order valence-electron chi connectivity index (χ0n) is 11.6. The van der Waals surface area contributed by atoms with Crippen molar-refractivity contribution in [2.24, 2.45) is 5.84 Å². The van der Waals surface area contributed by atoms with Crippen LogP contribution in [-0.2, 0) is 6.42 Å². The Balaban J connectivity index is 2.13. The van der Waals surface area contributed by atoms with Gasteiger partial charge in [0.2, 0.25) is 0 Å². The summed E-state index contributed by atoms with van der Waals surface area (Å²) in [6, 6.07) is 6.05. The normalized spacial score (nSPS) is 14.1. The first-order valence-electron chi connectivity index (χ1n) is 7.01. The zero-order chi connectivity index (χ0) is 13.9. The van der Waals surface area contributed by atoms with Gasteiger partial charge in [-0.15, -0.1) is 0 Å². The van der Waals surface area contributed by atoms with E-state index in [0.29, 0.717) is 13.2 Å². The Labute approximate surface area is 118 Å². The van der Waals surface area contributed by atoms with E-state index in [1.807, 2.05) is 12.1 Å². The van der Waals surface area contributed by atoms with Gasteiger partial charge in [0.15, 0.2) is 11.5 Å². The Hall–Kier alpha value is -2.01. The molecule has 0 radical (unpaired) electrons. The van der Waals surface area contributed by atoms with Crippen molar-refractivity contribution in [2.75, 3.05) is 18.6 Å². The van der Waals surface area contributed by atoms with E-state index in [2.05, 4.69) is 23.4 Å². The van der Waals surface area contributed by atoms with Gasteiger partial charge in [0.05, 0.1) is 18.7 Å². The average molecular weight is 273 g/mol. The number of hydrogen-bond acceptors (Lipinski definition) is 5. The first-order valence-corrected chi connectivity index (χ1v) is 7.01. The molecule has 0 spiro atoms. The van der Waals surface area contributed by atoms with E-state index in [-0.39, 0.29) is 0 Å². The van der Waals surface area contributed by atoms with E-state index >= 15 is 0 Å². The molecule has 2 heterocycles. The third-order valence-electron chi connectivity index (χ3n) is 3.42. The molecule has 3 N–H and O–H groups in total. The summed E-state index contributed by atoms with van der Waals surface area (Å²) in [5, 5.41) is 1.05. The van der Waals surface area contributed by atoms with Crippen LogP contribution < -0.4 is 20.7 Å². The van der Waals surface area contributed by atoms with Crippen molar-refractivity contribution in [1.82, 2.24) is 4.98 Å². The molecule has 0 atom stereocenters. The van der Waals surface area contributed by atoms with Crippen LogP contribution in [0.5, 0.6) is 11.5 Å². The van der Waals surface area contributed by atoms with Crippen LogP contribution in [0.25, 0.3) is 10.9 Å². The van der Waals surface area contributed by atoms with Gasteiger partial charge in [-0.1, -0.05) is 13.3 Å². The molecule has 0 bridgehead atoms. The van der Waals surface area contributed by atoms with Crippen LogP contribution in [0.2, 0.25) is 0 Å². The lowest BCUT2D eigenvalue weighted by Gasteiger charge is -2.12. The summed E-state index contributed by atoms with van der Waals surface area (Å²) < 4.78 is 11.4. The standard InChI is InChI=1S/C15H19N3O2/c1-2-4-10-7-11-8-13-14(20-6-3-5-19-13)9-12(11)17-15(10)18-16/h7-9H,2-6,16H2,1H3,(H,17,18). The molecule has 0 amide bonds. The summed E-state index contributed by atoms with van der Waals surface area (Å²) in [5.74, 6) is 7.85. The van der Waals surface area contributed by atoms with Crippen LogP contribution in [0.15, 0.2) is 18.2 Å². The molecule has 0 aliphatic carbocycles. The molecular formula is C15H19N3O2. The van der Waals surface area contributed by atoms with E-state index in [4.69, 9.17) is 15.3 Å². The number of nitrogens with one attached hydrogen (secondary N) is 1. The molecule has 0 saturated carbocycles. The van der Waals surface area contributed by atoms with Gasteiger partial charge in [0.25, 0.3) is 0 Å². The highest BCUT2D eigenvalue weighted by atomic mass is 16.5. The Bertz CT molecular complexity index is 618. The molecule has 1 aliphatic heterocycles. The summed E-state index contributed by atoms with van der Waals surface area (Å²) in [6.07, 6.45) is 2.89. The fraction of sp³-hybridized carbons (Fsp3) is 0.400. The fourth-order valence-corrected chi connectivity index (χ4v) is 2.46. The van der Waals surface area contributed by atoms with Gasteiger partial charge in [-0.2, -0.15) is 0 Å². The monoisotopic (exact) mass is 273 g/mol. The van der Waals surface area contributed by atoms with E-state index in [1.165, 1.54) is 0 Å². The molecule has 1 aromatic carbocycles. The largest absolute Gasteiger partial charge is 0.490 e. The van der Waals surface area contributed by atoms with Crippen LogP contribution in [-0.4, -0.2) is 18.2 Å². The van der Waals surface area contributed by atoms with Gasteiger partial charge in [-0.3, -0.25) is 0 Å². The second-order valence-corrected chi connectivity index (χ2v) is 4.93. The van der Waals surface area contributed by atoms with E-state index in [0.717, 1.165) is 53.0 Å². The molecule has 1 aromatic heterocycles. The van der Waals surface area contributed by atoms with Gasteiger partial charge in [-0.05, 0) is 24.1 Å². The predicted octanol–water partition coefficient (Wildman–Crippen LogP) is 2.63. The van der Waals surface area contributed by atoms with Crippen molar-refractivity contribution < 1.29 is 9.47 Å². The molecule has 0 unspecified atom stereocenters. The lowest BCUT2D eigenvalue weighted by atomic mass is 10.1. The van der Waals surface area contributed by atoms with Crippen molar-refractivity contribution >= 4 is 16.7 Å². The Morgan fingerprint density at radius 3 is 2.65 bits per heavy atom. The summed E-state index contributed by atoms with van der Waals surface area (Å²) in [4.78, 5) is 4.58. The molecule has 5 heteroatoms. The number of hydrazine groups is 1. The first kappa shape index (κ1) is 13.0. The molecule has 1 aliphatic rings. The molecule has 0 fully saturated rings. The summed E-state index contributed by atoms with van der Waals surface area (Å²) in [6.45, 7) is 3.50. The van der Waals surface area contributed by atoms with Gasteiger partial charge in [-0.25, -0.2) is 10.8 Å². The number of ether oxygens (including phenoxy) is 2. The molecule has 0 saturated heterocycles. The number of nitrogens with zero attached hydrogens (tertiary/aromatic N) is 1. The number of aromatic nitrogens is 1. The molecule has 106 valence electrons. The fourth-order valence-electron chi connectivity index (χ4n) is 2.46. The summed E-state index contributed by atoms with van der Waals surface area (Å²) in [5.41, 5.74) is 4.67. The van der Waals surface area contributed by atoms with Crippen molar-refractivity contribution in [3.05, 3.63) is 23.8 Å². The SMILES string of the molecule is CCCc1cc2cc3c(cc2nc1NN)OCCCO3. The minimum Gasteiger partial charge on any atom is -0.490 e. The van der Waals surface area contributed by atoms with E-state index in [9.17, 15) is 0 Å². The molecule has 5 nitrogen and oxygen atoms in total. The molecular weight excluding hydrogens is 254 g/mol. The number of aryl methyl sites for hydroxylation is 1. The molecule has 3 rings (SSSR count). The van der Waals surface area contributed by atoms with Gasteiger partial charge < -0.3 is 14.9 Å². The average Bonchev–Trinajstić information content (AvgIpc) is 2.69. The first-order chi connectivity index (χ1) is 9.81. The number of nitrogen functional groups attached to an aromatic ring is 1. The summed E-state index contributed by atoms with van der Waals surface area (Å²) >= 11 is 0. The topological polar surface area (TPSA) is 69.4 Å². The quantitative estimate of drug-likeness (QED) is 0.664. The minimum absolute atomic E-state index is 0.675. The van der Waals surface area contributed by atoms with Crippen LogP contribution in [0.4, 0.5) is 5.82 Å². The maximum absolute atomic E-state index is 5.72. The highest BCUT2D eigenvalue weighted by molar-refractivity contribution is 5.85. The second-order valence-electron chi connectivity index (χ2n) is 4.93. The minimum atomic E-state index is 0.675. The third kappa shape index (κ3) is 2.36. The number of anilines is 1. The predicted molar refractivity (Wildman–Crippen MR) is 79.2 cm³/mol. The van der Waals surface area contributed by atoms with Crippen molar-refractivity contribution in [3.63, 3.8) is 0 Å². The van der Waals surface area contributed by atoms with Crippen molar-refractivity contribution in [2.45, 2.75) is 26.2 Å². The lowest BCUT2D eigenvalue weighted by Crippen LogP contribution is -2.11. The number of rotatable bonds is 3. The van der Waals surface area contributed by atoms with Crippen molar-refractivity contribution in [3.8, 4) is 11.5 Å². The number of nitrogens with two attached hydrogens (primary N) is 1. The van der Waals surface area contributed by atoms with Gasteiger partial charge >= 0.3 is 0 Å². The Morgan fingerprint density at radius 1 is 1.20 bits per heavy atom. The number of benzene rings is 1. The van der Waals surface area contributed by atoms with Crippen molar-refractivity contribution in [1.29, 1.82) is 0 Å². The number of pyridine rings is 1. The Kier molecular flexibility index (Phi) is 3.60. The lowest BCUT2D eigenvalue weighted by molar-refractivity contribution is 0.297. The number of fused-ring (bicyclic) bond motifs is 2. The maximum atomic E-state index is 5.72. The number of hydrogen-bond donors (Lipinski definition) is 2. The van der Waals surface area contributed by atoms with Crippen LogP contribution >= 0.6 is 0 Å². The van der Waals surface area contributed by atoms with E-state index < -0.39 is 0 Å². The molecule has 2 aromatic rings. The van der Waals surface area contributed by atoms with E-state index in [1.54, 1.807) is 0 Å². The third-order valence-corrected chi connectivity index (χ3v) is 3.42. The van der Waals surface area contributed by atoms with Crippen LogP contribution in [0.1, 0.15) is 25.3 Å². The van der Waals surface area contributed by atoms with Crippen LogP contribution in [0.3, 0.4) is 0 Å². The Morgan fingerprint density at radius 2 is 1.95 bits per heavy atom. The highest BCUT2D eigenvalue weighted by Gasteiger charge is 2.14.